The molecule has 1 aromatic rings. The third-order valence-electron chi connectivity index (χ3n) is 4.24. The zero-order valence-electron chi connectivity index (χ0n) is 15.1. The fourth-order valence-electron chi connectivity index (χ4n) is 2.68. The highest BCUT2D eigenvalue weighted by molar-refractivity contribution is 6.42. The summed E-state index contributed by atoms with van der Waals surface area (Å²) in [7, 11) is 0. The molecule has 0 aliphatic carbocycles. The van der Waals surface area contributed by atoms with Gasteiger partial charge in [-0.1, -0.05) is 23.2 Å². The van der Waals surface area contributed by atoms with Crippen LogP contribution in [0.2, 0.25) is 10.0 Å². The first-order valence-electron chi connectivity index (χ1n) is 8.79. The third-order valence-corrected chi connectivity index (χ3v) is 4.98. The van der Waals surface area contributed by atoms with Crippen molar-refractivity contribution in [1.29, 1.82) is 0 Å². The number of piperidine rings is 1. The molecule has 28 heavy (non-hydrogen) atoms. The molecule has 2 N–H and O–H groups in total. The predicted molar refractivity (Wildman–Crippen MR) is 102 cm³/mol. The molecular formula is C18H21Cl2F2N3O3. The van der Waals surface area contributed by atoms with E-state index in [1.807, 2.05) is 0 Å². The Morgan fingerprint density at radius 1 is 1.25 bits per heavy atom. The molecule has 0 aromatic heterocycles. The molecule has 2 aliphatic heterocycles. The average molecular weight is 436 g/mol. The number of nitrogens with zero attached hydrogens (tertiary/aromatic N) is 1. The van der Waals surface area contributed by atoms with Gasteiger partial charge in [-0.2, -0.15) is 0 Å². The van der Waals surface area contributed by atoms with E-state index in [4.69, 9.17) is 23.2 Å². The van der Waals surface area contributed by atoms with Gasteiger partial charge >= 0.3 is 0 Å². The molecule has 0 radical (unpaired) electrons. The van der Waals surface area contributed by atoms with E-state index in [-0.39, 0.29) is 42.8 Å². The standard InChI is InChI=1S/C13H12Cl2N2O3.C5H9F2N/c14-10-2-1-8(5-11(10)15)13(20)16-6-12(19)17-4-3-9(18)7-17;6-5(7)2-1-3-8-4-5/h1-2,5H,3-4,6-7H2,(H,16,20);8H,1-4H2. The van der Waals surface area contributed by atoms with Crippen molar-refractivity contribution in [2.24, 2.45) is 0 Å². The molecule has 2 amide bonds. The number of halogens is 4. The lowest BCUT2D eigenvalue weighted by Crippen LogP contribution is -2.39. The maximum absolute atomic E-state index is 12.1. The Morgan fingerprint density at radius 2 is 2.00 bits per heavy atom. The first-order chi connectivity index (χ1) is 13.2. The van der Waals surface area contributed by atoms with Crippen LogP contribution in [0, 0.1) is 0 Å². The Morgan fingerprint density at radius 3 is 2.50 bits per heavy atom. The molecule has 0 unspecified atom stereocenters. The van der Waals surface area contributed by atoms with Gasteiger partial charge < -0.3 is 15.5 Å². The number of amides is 2. The van der Waals surface area contributed by atoms with E-state index in [9.17, 15) is 23.2 Å². The highest BCUT2D eigenvalue weighted by atomic mass is 35.5. The van der Waals surface area contributed by atoms with Crippen LogP contribution in [0.5, 0.6) is 0 Å². The van der Waals surface area contributed by atoms with E-state index < -0.39 is 11.8 Å². The number of rotatable bonds is 3. The molecule has 2 heterocycles. The van der Waals surface area contributed by atoms with Gasteiger partial charge in [0.05, 0.1) is 29.7 Å². The van der Waals surface area contributed by atoms with Gasteiger partial charge in [-0.25, -0.2) is 8.78 Å². The summed E-state index contributed by atoms with van der Waals surface area (Å²) in [6.45, 7) is 1.01. The van der Waals surface area contributed by atoms with E-state index >= 15 is 0 Å². The summed E-state index contributed by atoms with van der Waals surface area (Å²) >= 11 is 11.6. The van der Waals surface area contributed by atoms with Crippen LogP contribution < -0.4 is 10.6 Å². The summed E-state index contributed by atoms with van der Waals surface area (Å²) in [5.41, 5.74) is 0.324. The maximum atomic E-state index is 12.1. The fourth-order valence-corrected chi connectivity index (χ4v) is 2.98. The van der Waals surface area contributed by atoms with Gasteiger partial charge in [0.1, 0.15) is 0 Å². The summed E-state index contributed by atoms with van der Waals surface area (Å²) in [6, 6.07) is 4.47. The first kappa shape index (κ1) is 22.5. The molecule has 2 fully saturated rings. The molecule has 0 spiro atoms. The number of nitrogens with one attached hydrogen (secondary N) is 2. The molecule has 0 saturated carbocycles. The van der Waals surface area contributed by atoms with Crippen molar-refractivity contribution in [2.45, 2.75) is 25.2 Å². The van der Waals surface area contributed by atoms with E-state index in [1.165, 1.54) is 23.1 Å². The molecule has 0 atom stereocenters. The number of Topliss-reactive ketones (excluding diaryl/α,β-unsaturated/α-hetero) is 1. The molecule has 3 rings (SSSR count). The molecule has 2 saturated heterocycles. The molecule has 10 heteroatoms. The third kappa shape index (κ3) is 7.00. The number of benzene rings is 1. The summed E-state index contributed by atoms with van der Waals surface area (Å²) in [4.78, 5) is 36.1. The number of carbonyl (C=O) groups excluding carboxylic acids is 3. The van der Waals surface area contributed by atoms with Crippen molar-refractivity contribution in [3.05, 3.63) is 33.8 Å². The van der Waals surface area contributed by atoms with Gasteiger partial charge in [0.15, 0.2) is 5.78 Å². The van der Waals surface area contributed by atoms with Crippen LogP contribution >= 0.6 is 23.2 Å². The average Bonchev–Trinajstić information content (AvgIpc) is 3.08. The highest BCUT2D eigenvalue weighted by Gasteiger charge is 2.30. The quantitative estimate of drug-likeness (QED) is 0.764. The molecule has 0 bridgehead atoms. The topological polar surface area (TPSA) is 78.5 Å². The summed E-state index contributed by atoms with van der Waals surface area (Å²) in [5, 5.41) is 5.75. The van der Waals surface area contributed by atoms with Crippen LogP contribution in [0.4, 0.5) is 8.78 Å². The Kier molecular flexibility index (Phi) is 8.15. The lowest BCUT2D eigenvalue weighted by Gasteiger charge is -2.21. The van der Waals surface area contributed by atoms with Crippen molar-refractivity contribution >= 4 is 40.8 Å². The van der Waals surface area contributed by atoms with Crippen LogP contribution in [0.1, 0.15) is 29.6 Å². The minimum absolute atomic E-state index is 0.0363. The molecule has 2 aliphatic rings. The number of carbonyl (C=O) groups is 3. The van der Waals surface area contributed by atoms with E-state index in [2.05, 4.69) is 10.6 Å². The van der Waals surface area contributed by atoms with Crippen molar-refractivity contribution in [3.8, 4) is 0 Å². The lowest BCUT2D eigenvalue weighted by atomic mass is 10.1. The van der Waals surface area contributed by atoms with Crippen molar-refractivity contribution in [2.75, 3.05) is 32.7 Å². The minimum Gasteiger partial charge on any atom is -0.343 e. The van der Waals surface area contributed by atoms with Gasteiger partial charge in [0, 0.05) is 24.9 Å². The van der Waals surface area contributed by atoms with Crippen molar-refractivity contribution in [1.82, 2.24) is 15.5 Å². The number of hydrogen-bond acceptors (Lipinski definition) is 4. The number of likely N-dealkylation sites (tertiary alicyclic amines) is 1. The Labute approximate surface area is 171 Å². The maximum Gasteiger partial charge on any atom is 0.260 e. The number of alkyl halides is 2. The summed E-state index contributed by atoms with van der Waals surface area (Å²) < 4.78 is 24.3. The lowest BCUT2D eigenvalue weighted by molar-refractivity contribution is -0.130. The van der Waals surface area contributed by atoms with Gasteiger partial charge in [-0.05, 0) is 31.2 Å². The van der Waals surface area contributed by atoms with E-state index in [0.29, 0.717) is 30.0 Å². The van der Waals surface area contributed by atoms with Gasteiger partial charge in [-0.3, -0.25) is 14.4 Å². The minimum atomic E-state index is -2.43. The fraction of sp³-hybridized carbons (Fsp3) is 0.500. The van der Waals surface area contributed by atoms with Crippen LogP contribution in [0.25, 0.3) is 0 Å². The molecule has 154 valence electrons. The second-order valence-corrected chi connectivity index (χ2v) is 7.37. The monoisotopic (exact) mass is 435 g/mol. The smallest absolute Gasteiger partial charge is 0.260 e. The van der Waals surface area contributed by atoms with Crippen LogP contribution in [-0.2, 0) is 9.59 Å². The van der Waals surface area contributed by atoms with Crippen LogP contribution in [0.3, 0.4) is 0 Å². The zero-order chi connectivity index (χ0) is 20.7. The van der Waals surface area contributed by atoms with E-state index in [0.717, 1.165) is 6.54 Å². The summed E-state index contributed by atoms with van der Waals surface area (Å²) in [6.07, 6.45) is 1.04. The zero-order valence-corrected chi connectivity index (χ0v) is 16.6. The second-order valence-electron chi connectivity index (χ2n) is 6.55. The summed E-state index contributed by atoms with van der Waals surface area (Å²) in [5.74, 6) is -3.08. The van der Waals surface area contributed by atoms with Gasteiger partial charge in [-0.15, -0.1) is 0 Å². The molecular weight excluding hydrogens is 415 g/mol. The second kappa shape index (κ2) is 10.1. The van der Waals surface area contributed by atoms with Gasteiger partial charge in [0.2, 0.25) is 5.91 Å². The number of hydrogen-bond donors (Lipinski definition) is 2. The normalized spacial score (nSPS) is 18.3. The first-order valence-corrected chi connectivity index (χ1v) is 9.55. The highest BCUT2D eigenvalue weighted by Crippen LogP contribution is 2.22. The van der Waals surface area contributed by atoms with E-state index in [1.54, 1.807) is 0 Å². The Hall–Kier alpha value is -1.77. The Bertz CT molecular complexity index is 739. The predicted octanol–water partition coefficient (Wildman–Crippen LogP) is 2.53. The van der Waals surface area contributed by atoms with Crippen LogP contribution in [-0.4, -0.2) is 61.1 Å². The number of ketones is 1. The SMILES string of the molecule is FC1(F)CCCNC1.O=C1CCN(C(=O)CNC(=O)c2ccc(Cl)c(Cl)c2)C1. The van der Waals surface area contributed by atoms with Crippen molar-refractivity contribution < 1.29 is 23.2 Å². The molecule has 6 nitrogen and oxygen atoms in total. The molecule has 1 aromatic carbocycles. The van der Waals surface area contributed by atoms with Crippen molar-refractivity contribution in [3.63, 3.8) is 0 Å². The largest absolute Gasteiger partial charge is 0.343 e. The van der Waals surface area contributed by atoms with Crippen LogP contribution in [0.15, 0.2) is 18.2 Å². The Balaban J connectivity index is 0.000000292. The van der Waals surface area contributed by atoms with Gasteiger partial charge in [0.25, 0.3) is 11.8 Å².